The molecular formula is C8H10N2O3. The van der Waals surface area contributed by atoms with E-state index in [4.69, 9.17) is 4.74 Å². The van der Waals surface area contributed by atoms with Crippen LogP contribution in [0.2, 0.25) is 0 Å². The van der Waals surface area contributed by atoms with Gasteiger partial charge in [-0.1, -0.05) is 6.92 Å². The lowest BCUT2D eigenvalue weighted by molar-refractivity contribution is 0.0496. The van der Waals surface area contributed by atoms with Crippen LogP contribution < -0.4 is 5.56 Å². The van der Waals surface area contributed by atoms with E-state index in [1.807, 2.05) is 6.92 Å². The lowest BCUT2D eigenvalue weighted by Crippen LogP contribution is -2.21. The minimum atomic E-state index is -0.677. The lowest BCUT2D eigenvalue weighted by Gasteiger charge is -1.99. The minimum Gasteiger partial charge on any atom is -0.461 e. The molecule has 1 rings (SSSR count). The molecule has 1 aromatic rings. The molecule has 0 saturated carbocycles. The van der Waals surface area contributed by atoms with Crippen molar-refractivity contribution >= 4 is 5.97 Å². The molecule has 0 fully saturated rings. The van der Waals surface area contributed by atoms with Crippen molar-refractivity contribution in [1.29, 1.82) is 0 Å². The second-order valence-electron chi connectivity index (χ2n) is 2.40. The van der Waals surface area contributed by atoms with Gasteiger partial charge >= 0.3 is 5.97 Å². The molecule has 0 bridgehead atoms. The summed E-state index contributed by atoms with van der Waals surface area (Å²) in [7, 11) is 0. The van der Waals surface area contributed by atoms with Gasteiger partial charge in [-0.05, 0) is 6.42 Å². The number of aromatic nitrogens is 2. The Balaban J connectivity index is 2.77. The lowest BCUT2D eigenvalue weighted by atomic mass is 10.4. The molecule has 1 N–H and O–H groups in total. The zero-order valence-corrected chi connectivity index (χ0v) is 7.24. The fraction of sp³-hybridized carbons (Fsp3) is 0.375. The Labute approximate surface area is 74.8 Å². The van der Waals surface area contributed by atoms with Crippen LogP contribution in [0.1, 0.15) is 23.8 Å². The number of nitrogens with zero attached hydrogens (tertiary/aromatic N) is 1. The first kappa shape index (κ1) is 9.44. The van der Waals surface area contributed by atoms with Crippen LogP contribution in [0.5, 0.6) is 0 Å². The van der Waals surface area contributed by atoms with Crippen LogP contribution in [0.25, 0.3) is 0 Å². The van der Waals surface area contributed by atoms with Gasteiger partial charge in [0.1, 0.15) is 0 Å². The van der Waals surface area contributed by atoms with Gasteiger partial charge in [0.15, 0.2) is 0 Å². The first-order valence-electron chi connectivity index (χ1n) is 3.96. The molecule has 0 amide bonds. The van der Waals surface area contributed by atoms with Crippen LogP contribution in [-0.2, 0) is 4.74 Å². The zero-order valence-electron chi connectivity index (χ0n) is 7.24. The second-order valence-corrected chi connectivity index (χ2v) is 2.40. The summed E-state index contributed by atoms with van der Waals surface area (Å²) in [6, 6.07) is 0. The number of hydrogen-bond donors (Lipinski definition) is 1. The van der Waals surface area contributed by atoms with E-state index in [-0.39, 0.29) is 5.69 Å². The van der Waals surface area contributed by atoms with Crippen LogP contribution in [0, 0.1) is 0 Å². The Morgan fingerprint density at radius 2 is 2.46 bits per heavy atom. The number of aromatic amines is 1. The Hall–Kier alpha value is -1.65. The maximum Gasteiger partial charge on any atom is 0.362 e. The third-order valence-electron chi connectivity index (χ3n) is 1.34. The number of hydrogen-bond acceptors (Lipinski definition) is 4. The van der Waals surface area contributed by atoms with E-state index in [0.29, 0.717) is 6.61 Å². The molecule has 0 aliphatic carbocycles. The van der Waals surface area contributed by atoms with E-state index in [0.717, 1.165) is 6.42 Å². The van der Waals surface area contributed by atoms with Crippen molar-refractivity contribution in [2.24, 2.45) is 0 Å². The standard InChI is InChI=1S/C8H10N2O3/c1-2-5-13-8(12)6-7(11)10-4-3-9-6/h3-4H,2,5H2,1H3,(H,10,11). The molecular weight excluding hydrogens is 172 g/mol. The van der Waals surface area contributed by atoms with E-state index >= 15 is 0 Å². The van der Waals surface area contributed by atoms with Crippen LogP contribution in [0.4, 0.5) is 0 Å². The zero-order chi connectivity index (χ0) is 9.68. The van der Waals surface area contributed by atoms with Crippen molar-refractivity contribution in [3.63, 3.8) is 0 Å². The fourth-order valence-electron chi connectivity index (χ4n) is 0.760. The van der Waals surface area contributed by atoms with E-state index in [2.05, 4.69) is 9.97 Å². The summed E-state index contributed by atoms with van der Waals surface area (Å²) < 4.78 is 4.74. The third-order valence-corrected chi connectivity index (χ3v) is 1.34. The minimum absolute atomic E-state index is 0.198. The van der Waals surface area contributed by atoms with Crippen LogP contribution >= 0.6 is 0 Å². The van der Waals surface area contributed by atoms with Gasteiger partial charge in [0.2, 0.25) is 5.69 Å². The Morgan fingerprint density at radius 3 is 3.08 bits per heavy atom. The van der Waals surface area contributed by atoms with Crippen LogP contribution in [0.3, 0.4) is 0 Å². The molecule has 0 radical (unpaired) electrons. The van der Waals surface area contributed by atoms with Gasteiger partial charge < -0.3 is 9.72 Å². The van der Waals surface area contributed by atoms with E-state index < -0.39 is 11.5 Å². The molecule has 5 nitrogen and oxygen atoms in total. The van der Waals surface area contributed by atoms with Crippen molar-refractivity contribution < 1.29 is 9.53 Å². The number of H-pyrrole nitrogens is 1. The van der Waals surface area contributed by atoms with Crippen molar-refractivity contribution in [3.05, 3.63) is 28.4 Å². The summed E-state index contributed by atoms with van der Waals surface area (Å²) in [5.74, 6) is -0.677. The SMILES string of the molecule is CCCOC(=O)c1ncc[nH]c1=O. The largest absolute Gasteiger partial charge is 0.461 e. The highest BCUT2D eigenvalue weighted by Crippen LogP contribution is 1.90. The first-order valence-corrected chi connectivity index (χ1v) is 3.96. The molecule has 70 valence electrons. The van der Waals surface area contributed by atoms with Gasteiger partial charge in [0.25, 0.3) is 5.56 Å². The fourth-order valence-corrected chi connectivity index (χ4v) is 0.760. The van der Waals surface area contributed by atoms with Gasteiger partial charge in [0, 0.05) is 12.4 Å². The number of carbonyl (C=O) groups excluding carboxylic acids is 1. The molecule has 5 heteroatoms. The van der Waals surface area contributed by atoms with E-state index in [1.165, 1.54) is 12.4 Å². The number of esters is 1. The number of nitrogens with one attached hydrogen (secondary N) is 1. The topological polar surface area (TPSA) is 72.0 Å². The molecule has 0 spiro atoms. The average molecular weight is 182 g/mol. The highest BCUT2D eigenvalue weighted by molar-refractivity contribution is 5.86. The van der Waals surface area contributed by atoms with Gasteiger partial charge in [-0.3, -0.25) is 4.79 Å². The molecule has 0 saturated heterocycles. The predicted molar refractivity (Wildman–Crippen MR) is 45.4 cm³/mol. The van der Waals surface area contributed by atoms with Crippen LogP contribution in [-0.4, -0.2) is 22.5 Å². The summed E-state index contributed by atoms with van der Waals surface area (Å²) in [6.07, 6.45) is 3.42. The van der Waals surface area contributed by atoms with E-state index in [9.17, 15) is 9.59 Å². The van der Waals surface area contributed by atoms with Gasteiger partial charge in [-0.25, -0.2) is 9.78 Å². The maximum atomic E-state index is 11.1. The predicted octanol–water partition coefficient (Wildman–Crippen LogP) is 0.337. The normalized spacial score (nSPS) is 9.62. The van der Waals surface area contributed by atoms with Crippen LogP contribution in [0.15, 0.2) is 17.2 Å². The number of ether oxygens (including phenoxy) is 1. The summed E-state index contributed by atoms with van der Waals surface area (Å²) in [4.78, 5) is 28.1. The van der Waals surface area contributed by atoms with Crippen molar-refractivity contribution in [2.75, 3.05) is 6.61 Å². The molecule has 1 heterocycles. The molecule has 0 aromatic carbocycles. The molecule has 0 unspecified atom stereocenters. The highest BCUT2D eigenvalue weighted by Gasteiger charge is 2.11. The third kappa shape index (κ3) is 2.40. The molecule has 0 aliphatic rings. The summed E-state index contributed by atoms with van der Waals surface area (Å²) in [6.45, 7) is 2.17. The van der Waals surface area contributed by atoms with E-state index in [1.54, 1.807) is 0 Å². The van der Waals surface area contributed by atoms with Gasteiger partial charge in [-0.2, -0.15) is 0 Å². The Bertz CT molecular complexity index is 345. The molecule has 0 aliphatic heterocycles. The quantitative estimate of drug-likeness (QED) is 0.684. The summed E-state index contributed by atoms with van der Waals surface area (Å²) >= 11 is 0. The van der Waals surface area contributed by atoms with Crippen molar-refractivity contribution in [3.8, 4) is 0 Å². The summed E-state index contributed by atoms with van der Waals surface area (Å²) in [5, 5.41) is 0. The smallest absolute Gasteiger partial charge is 0.362 e. The monoisotopic (exact) mass is 182 g/mol. The van der Waals surface area contributed by atoms with Gasteiger partial charge in [-0.15, -0.1) is 0 Å². The Kier molecular flexibility index (Phi) is 3.19. The number of carbonyl (C=O) groups is 1. The first-order chi connectivity index (χ1) is 6.25. The second kappa shape index (κ2) is 4.39. The molecule has 1 aromatic heterocycles. The molecule has 0 atom stereocenters. The van der Waals surface area contributed by atoms with Gasteiger partial charge in [0.05, 0.1) is 6.61 Å². The van der Waals surface area contributed by atoms with Crippen molar-refractivity contribution in [1.82, 2.24) is 9.97 Å². The van der Waals surface area contributed by atoms with Crippen molar-refractivity contribution in [2.45, 2.75) is 13.3 Å². The maximum absolute atomic E-state index is 11.1. The number of rotatable bonds is 3. The Morgan fingerprint density at radius 1 is 1.69 bits per heavy atom. The average Bonchev–Trinajstić information content (AvgIpc) is 2.15. The summed E-state index contributed by atoms with van der Waals surface area (Å²) in [5.41, 5.74) is -0.723. The molecule has 13 heavy (non-hydrogen) atoms. The highest BCUT2D eigenvalue weighted by atomic mass is 16.5.